The zero-order valence-corrected chi connectivity index (χ0v) is 17.9. The van der Waals surface area contributed by atoms with Gasteiger partial charge in [-0.15, -0.1) is 0 Å². The molecule has 1 saturated carbocycles. The summed E-state index contributed by atoms with van der Waals surface area (Å²) in [6, 6.07) is 6.75. The molecular weight excluding hydrogens is 386 g/mol. The van der Waals surface area contributed by atoms with Crippen molar-refractivity contribution in [2.75, 3.05) is 0 Å². The monoisotopic (exact) mass is 415 g/mol. The van der Waals surface area contributed by atoms with Crippen LogP contribution in [0.3, 0.4) is 0 Å². The van der Waals surface area contributed by atoms with Crippen LogP contribution in [0.15, 0.2) is 24.3 Å². The second kappa shape index (κ2) is 8.45. The molecule has 1 aromatic rings. The van der Waals surface area contributed by atoms with Gasteiger partial charge in [-0.25, -0.2) is 15.2 Å². The van der Waals surface area contributed by atoms with E-state index in [0.717, 1.165) is 18.4 Å². The minimum absolute atomic E-state index is 0.155. The first-order chi connectivity index (χ1) is 14.0. The highest BCUT2D eigenvalue weighted by Gasteiger charge is 2.36. The van der Waals surface area contributed by atoms with E-state index in [2.05, 4.69) is 10.7 Å². The predicted octanol–water partition coefficient (Wildman–Crippen LogP) is 2.57. The van der Waals surface area contributed by atoms with E-state index < -0.39 is 11.7 Å². The molecule has 1 aliphatic heterocycles. The van der Waals surface area contributed by atoms with Crippen molar-refractivity contribution in [2.45, 2.75) is 65.0 Å². The van der Waals surface area contributed by atoms with Crippen LogP contribution in [0.2, 0.25) is 0 Å². The van der Waals surface area contributed by atoms with Crippen LogP contribution < -0.4 is 10.7 Å². The Balaban J connectivity index is 1.69. The molecule has 0 bridgehead atoms. The number of carbonyl (C=O) groups excluding carboxylic acids is 4. The molecule has 162 valence electrons. The number of imide groups is 1. The number of rotatable bonds is 5. The van der Waals surface area contributed by atoms with Gasteiger partial charge in [0.1, 0.15) is 5.60 Å². The van der Waals surface area contributed by atoms with Crippen molar-refractivity contribution in [3.8, 4) is 0 Å². The van der Waals surface area contributed by atoms with Gasteiger partial charge in [-0.1, -0.05) is 12.1 Å². The normalized spacial score (nSPS) is 19.8. The van der Waals surface area contributed by atoms with Crippen LogP contribution in [0.1, 0.15) is 62.9 Å². The van der Waals surface area contributed by atoms with E-state index in [1.165, 1.54) is 5.01 Å². The van der Waals surface area contributed by atoms with Gasteiger partial charge in [0, 0.05) is 12.0 Å². The van der Waals surface area contributed by atoms with Crippen molar-refractivity contribution in [1.82, 2.24) is 15.8 Å². The van der Waals surface area contributed by atoms with Gasteiger partial charge in [0.2, 0.25) is 11.8 Å². The number of hydrogen-bond acceptors (Lipinski definition) is 5. The van der Waals surface area contributed by atoms with E-state index in [1.54, 1.807) is 45.0 Å². The number of carbonyl (C=O) groups is 4. The van der Waals surface area contributed by atoms with Gasteiger partial charge in [-0.2, -0.15) is 0 Å². The van der Waals surface area contributed by atoms with Crippen molar-refractivity contribution < 1.29 is 23.9 Å². The number of nitrogens with zero attached hydrogens (tertiary/aromatic N) is 1. The zero-order chi connectivity index (χ0) is 22.1. The smallest absolute Gasteiger partial charge is 0.426 e. The number of benzene rings is 1. The Bertz CT molecular complexity index is 839. The van der Waals surface area contributed by atoms with Gasteiger partial charge in [0.15, 0.2) is 0 Å². The zero-order valence-electron chi connectivity index (χ0n) is 17.9. The molecule has 2 aliphatic rings. The molecule has 30 heavy (non-hydrogen) atoms. The molecule has 2 N–H and O–H groups in total. The largest absolute Gasteiger partial charge is 0.443 e. The molecule has 8 heteroatoms. The van der Waals surface area contributed by atoms with Crippen molar-refractivity contribution in [3.63, 3.8) is 0 Å². The summed E-state index contributed by atoms with van der Waals surface area (Å²) in [6.07, 6.45) is 1.98. The van der Waals surface area contributed by atoms with Crippen molar-refractivity contribution in [2.24, 2.45) is 11.8 Å². The molecule has 2 fully saturated rings. The summed E-state index contributed by atoms with van der Waals surface area (Å²) in [4.78, 5) is 48.5. The molecule has 8 nitrogen and oxygen atoms in total. The third kappa shape index (κ3) is 5.58. The van der Waals surface area contributed by atoms with Gasteiger partial charge >= 0.3 is 6.09 Å². The van der Waals surface area contributed by atoms with Gasteiger partial charge in [0.25, 0.3) is 5.91 Å². The van der Waals surface area contributed by atoms with Crippen LogP contribution in [-0.4, -0.2) is 40.5 Å². The first-order valence-corrected chi connectivity index (χ1v) is 10.3. The molecular formula is C22H29N3O5. The SMILES string of the molecule is C[C@H](C1CC1)N(NC(=O)OC(C)(C)C)C(=O)c1ccc(C[C@@H]2CC(=O)NC2=O)cc1. The Hall–Kier alpha value is -2.90. The average Bonchev–Trinajstić information content (AvgIpc) is 3.44. The molecule has 2 atom stereocenters. The Morgan fingerprint density at radius 1 is 1.20 bits per heavy atom. The minimum Gasteiger partial charge on any atom is -0.443 e. The molecule has 1 heterocycles. The van der Waals surface area contributed by atoms with E-state index in [1.807, 2.05) is 6.92 Å². The molecule has 0 radical (unpaired) electrons. The molecule has 4 amide bonds. The second-order valence-electron chi connectivity index (χ2n) is 9.08. The molecule has 1 aliphatic carbocycles. The maximum absolute atomic E-state index is 13.1. The van der Waals surface area contributed by atoms with Gasteiger partial charge in [0.05, 0.1) is 12.0 Å². The third-order valence-corrected chi connectivity index (χ3v) is 5.29. The number of hydrazine groups is 1. The Kier molecular flexibility index (Phi) is 6.14. The van der Waals surface area contributed by atoms with Crippen LogP contribution >= 0.6 is 0 Å². The lowest BCUT2D eigenvalue weighted by Crippen LogP contribution is -2.52. The topological polar surface area (TPSA) is 105 Å². The molecule has 1 saturated heterocycles. The van der Waals surface area contributed by atoms with Crippen molar-refractivity contribution >= 4 is 23.8 Å². The lowest BCUT2D eigenvalue weighted by Gasteiger charge is -2.31. The van der Waals surface area contributed by atoms with E-state index in [-0.39, 0.29) is 36.1 Å². The van der Waals surface area contributed by atoms with Crippen molar-refractivity contribution in [3.05, 3.63) is 35.4 Å². The molecule has 0 unspecified atom stereocenters. The summed E-state index contributed by atoms with van der Waals surface area (Å²) >= 11 is 0. The van der Waals surface area contributed by atoms with Crippen LogP contribution in [0.25, 0.3) is 0 Å². The highest BCUT2D eigenvalue weighted by molar-refractivity contribution is 6.03. The van der Waals surface area contributed by atoms with E-state index in [4.69, 9.17) is 4.74 Å². The number of hydrogen-bond donors (Lipinski definition) is 2. The molecule has 1 aromatic carbocycles. The van der Waals surface area contributed by atoms with Crippen LogP contribution in [0.5, 0.6) is 0 Å². The summed E-state index contributed by atoms with van der Waals surface area (Å²) in [5.74, 6) is -0.859. The average molecular weight is 415 g/mol. The fourth-order valence-corrected chi connectivity index (χ4v) is 3.51. The Morgan fingerprint density at radius 3 is 2.33 bits per heavy atom. The van der Waals surface area contributed by atoms with Crippen molar-refractivity contribution in [1.29, 1.82) is 0 Å². The highest BCUT2D eigenvalue weighted by Crippen LogP contribution is 2.35. The Labute approximate surface area is 176 Å². The van der Waals surface area contributed by atoms with E-state index in [0.29, 0.717) is 17.9 Å². The third-order valence-electron chi connectivity index (χ3n) is 5.29. The number of nitrogens with one attached hydrogen (secondary N) is 2. The predicted molar refractivity (Wildman–Crippen MR) is 109 cm³/mol. The van der Waals surface area contributed by atoms with Gasteiger partial charge in [-0.3, -0.25) is 19.7 Å². The highest BCUT2D eigenvalue weighted by atomic mass is 16.6. The summed E-state index contributed by atoms with van der Waals surface area (Å²) < 4.78 is 5.31. The summed E-state index contributed by atoms with van der Waals surface area (Å²) in [6.45, 7) is 7.21. The quantitative estimate of drug-likeness (QED) is 0.568. The fraction of sp³-hybridized carbons (Fsp3) is 0.545. The summed E-state index contributed by atoms with van der Waals surface area (Å²) in [7, 11) is 0. The molecule has 0 aromatic heterocycles. The van der Waals surface area contributed by atoms with E-state index in [9.17, 15) is 19.2 Å². The Morgan fingerprint density at radius 2 is 1.83 bits per heavy atom. The maximum Gasteiger partial charge on any atom is 0.426 e. The van der Waals surface area contributed by atoms with E-state index >= 15 is 0 Å². The van der Waals surface area contributed by atoms with Gasteiger partial charge < -0.3 is 4.74 Å². The number of ether oxygens (including phenoxy) is 1. The maximum atomic E-state index is 13.1. The summed E-state index contributed by atoms with van der Waals surface area (Å²) in [5, 5.41) is 3.66. The second-order valence-corrected chi connectivity index (χ2v) is 9.08. The number of amides is 4. The van der Waals surface area contributed by atoms with Gasteiger partial charge in [-0.05, 0) is 70.6 Å². The molecule has 0 spiro atoms. The lowest BCUT2D eigenvalue weighted by atomic mass is 9.97. The van der Waals surface area contributed by atoms with Crippen LogP contribution in [0, 0.1) is 11.8 Å². The lowest BCUT2D eigenvalue weighted by molar-refractivity contribution is -0.125. The van der Waals surface area contributed by atoms with Crippen LogP contribution in [-0.2, 0) is 20.7 Å². The standard InChI is InChI=1S/C22H29N3O5/c1-13(15-9-10-15)25(24-21(29)30-22(2,3)4)20(28)16-7-5-14(6-8-16)11-17-12-18(26)23-19(17)27/h5-8,13,15,17H,9-12H2,1-4H3,(H,24,29)(H,23,26,27)/t13-,17-/m1/s1. The first kappa shape index (κ1) is 21.8. The molecule has 3 rings (SSSR count). The van der Waals surface area contributed by atoms with Crippen LogP contribution in [0.4, 0.5) is 4.79 Å². The first-order valence-electron chi connectivity index (χ1n) is 10.3. The summed E-state index contributed by atoms with van der Waals surface area (Å²) in [5.41, 5.74) is 3.23. The fourth-order valence-electron chi connectivity index (χ4n) is 3.51. The minimum atomic E-state index is -0.670.